The van der Waals surface area contributed by atoms with Crippen molar-refractivity contribution in [3.63, 3.8) is 0 Å². The van der Waals surface area contributed by atoms with Crippen molar-refractivity contribution in [2.24, 2.45) is 5.92 Å². The molecule has 0 aliphatic heterocycles. The van der Waals surface area contributed by atoms with Gasteiger partial charge in [-0.15, -0.1) is 0 Å². The van der Waals surface area contributed by atoms with E-state index in [0.29, 0.717) is 16.4 Å². The number of likely N-dealkylation sites (N-methyl/N-ethyl adjacent to an activating group) is 1. The molecule has 1 aromatic rings. The first kappa shape index (κ1) is 15.9. The van der Waals surface area contributed by atoms with Gasteiger partial charge in [0.2, 0.25) is 0 Å². The minimum Gasteiger partial charge on any atom is -0.377 e. The molecule has 1 aromatic carbocycles. The number of hydrogen-bond acceptors (Lipinski definition) is 2. The maximum absolute atomic E-state index is 13.3. The van der Waals surface area contributed by atoms with Gasteiger partial charge in [0.15, 0.2) is 0 Å². The molecule has 20 heavy (non-hydrogen) atoms. The molecule has 1 N–H and O–H groups in total. The fourth-order valence-corrected chi connectivity index (χ4v) is 3.11. The van der Waals surface area contributed by atoms with Crippen molar-refractivity contribution >= 4 is 15.9 Å². The lowest BCUT2D eigenvalue weighted by Gasteiger charge is -2.28. The topological polar surface area (TPSA) is 21.3 Å². The Kier molecular flexibility index (Phi) is 6.00. The first-order chi connectivity index (χ1) is 9.65. The molecule has 1 fully saturated rings. The molecule has 0 bridgehead atoms. The first-order valence-electron chi connectivity index (χ1n) is 7.44. The molecule has 0 aromatic heterocycles. The highest BCUT2D eigenvalue weighted by molar-refractivity contribution is 9.10. The lowest BCUT2D eigenvalue weighted by molar-refractivity contribution is 0.0196. The third kappa shape index (κ3) is 4.27. The molecular weight excluding hydrogens is 321 g/mol. The third-order valence-corrected chi connectivity index (χ3v) is 4.36. The van der Waals surface area contributed by atoms with Gasteiger partial charge in [-0.2, -0.15) is 0 Å². The van der Waals surface area contributed by atoms with E-state index in [-0.39, 0.29) is 11.9 Å². The van der Waals surface area contributed by atoms with Gasteiger partial charge < -0.3 is 10.1 Å². The average molecular weight is 344 g/mol. The Hall–Kier alpha value is -0.450. The first-order valence-corrected chi connectivity index (χ1v) is 8.23. The van der Waals surface area contributed by atoms with Crippen molar-refractivity contribution in [1.82, 2.24) is 5.32 Å². The zero-order valence-corrected chi connectivity index (χ0v) is 13.7. The molecule has 4 heteroatoms. The van der Waals surface area contributed by atoms with Crippen LogP contribution in [0.25, 0.3) is 0 Å². The van der Waals surface area contributed by atoms with Gasteiger partial charge in [0.25, 0.3) is 0 Å². The van der Waals surface area contributed by atoms with E-state index >= 15 is 0 Å². The Morgan fingerprint density at radius 2 is 2.15 bits per heavy atom. The minimum atomic E-state index is -0.211. The second-order valence-electron chi connectivity index (χ2n) is 5.37. The maximum Gasteiger partial charge on any atom is 0.137 e. The van der Waals surface area contributed by atoms with E-state index in [2.05, 4.69) is 28.2 Å². The van der Waals surface area contributed by atoms with E-state index in [4.69, 9.17) is 4.74 Å². The number of hydrogen-bond donors (Lipinski definition) is 1. The molecule has 1 aliphatic rings. The van der Waals surface area contributed by atoms with Crippen LogP contribution in [0.15, 0.2) is 22.7 Å². The van der Waals surface area contributed by atoms with Gasteiger partial charge in [0.05, 0.1) is 10.6 Å². The fraction of sp³-hybridized carbons (Fsp3) is 0.625. The maximum atomic E-state index is 13.3. The quantitative estimate of drug-likeness (QED) is 0.772. The second kappa shape index (κ2) is 7.53. The number of nitrogens with one attached hydrogen (secondary N) is 1. The Morgan fingerprint density at radius 3 is 2.70 bits per heavy atom. The predicted octanol–water partition coefficient (Wildman–Crippen LogP) is 3.92. The third-order valence-electron chi connectivity index (χ3n) is 3.75. The van der Waals surface area contributed by atoms with E-state index in [1.165, 1.54) is 18.9 Å². The summed E-state index contributed by atoms with van der Waals surface area (Å²) in [5.74, 6) is 0.472. The van der Waals surface area contributed by atoms with E-state index in [0.717, 1.165) is 25.1 Å². The highest BCUT2D eigenvalue weighted by Crippen LogP contribution is 2.36. The van der Waals surface area contributed by atoms with Gasteiger partial charge in [-0.1, -0.05) is 13.0 Å². The summed E-state index contributed by atoms with van der Waals surface area (Å²) in [6.07, 6.45) is 3.66. The molecule has 1 aliphatic carbocycles. The van der Waals surface area contributed by atoms with Crippen molar-refractivity contribution in [2.75, 3.05) is 13.2 Å². The van der Waals surface area contributed by atoms with E-state index in [9.17, 15) is 4.39 Å². The van der Waals surface area contributed by atoms with Gasteiger partial charge in [-0.05, 0) is 72.3 Å². The SMILES string of the molecule is CCNC(Cc1ccc(F)c(Br)c1)C(OCC)C1CC1. The van der Waals surface area contributed by atoms with Crippen LogP contribution in [0.2, 0.25) is 0 Å². The van der Waals surface area contributed by atoms with Crippen LogP contribution in [0.4, 0.5) is 4.39 Å². The number of halogens is 2. The van der Waals surface area contributed by atoms with E-state index in [1.54, 1.807) is 0 Å². The van der Waals surface area contributed by atoms with Crippen LogP contribution in [0, 0.1) is 11.7 Å². The lowest BCUT2D eigenvalue weighted by atomic mass is 9.98. The summed E-state index contributed by atoms with van der Waals surface area (Å²) in [5, 5.41) is 3.54. The Morgan fingerprint density at radius 1 is 1.40 bits per heavy atom. The van der Waals surface area contributed by atoms with Crippen molar-refractivity contribution in [2.45, 2.75) is 45.3 Å². The summed E-state index contributed by atoms with van der Waals surface area (Å²) >= 11 is 3.26. The standard InChI is InChI=1S/C16H23BrFNO/c1-3-19-15(16(20-4-2)12-6-7-12)10-11-5-8-14(18)13(17)9-11/h5,8-9,12,15-16,19H,3-4,6-7,10H2,1-2H3. The summed E-state index contributed by atoms with van der Waals surface area (Å²) in [4.78, 5) is 0. The number of ether oxygens (including phenoxy) is 1. The van der Waals surface area contributed by atoms with E-state index < -0.39 is 0 Å². The normalized spacial score (nSPS) is 18.0. The molecule has 1 saturated carbocycles. The highest BCUT2D eigenvalue weighted by Gasteiger charge is 2.36. The van der Waals surface area contributed by atoms with Crippen LogP contribution < -0.4 is 5.32 Å². The van der Waals surface area contributed by atoms with Gasteiger partial charge in [-0.25, -0.2) is 4.39 Å². The Bertz CT molecular complexity index is 436. The van der Waals surface area contributed by atoms with Crippen LogP contribution in [-0.2, 0) is 11.2 Å². The number of rotatable bonds is 8. The molecule has 0 heterocycles. The van der Waals surface area contributed by atoms with Gasteiger partial charge in [0.1, 0.15) is 5.82 Å². The van der Waals surface area contributed by atoms with Crippen molar-refractivity contribution in [3.8, 4) is 0 Å². The average Bonchev–Trinajstić information content (AvgIpc) is 3.24. The number of benzene rings is 1. The van der Waals surface area contributed by atoms with Crippen LogP contribution >= 0.6 is 15.9 Å². The fourth-order valence-electron chi connectivity index (χ4n) is 2.69. The van der Waals surface area contributed by atoms with Crippen LogP contribution in [0.5, 0.6) is 0 Å². The lowest BCUT2D eigenvalue weighted by Crippen LogP contribution is -2.44. The molecule has 2 nitrogen and oxygen atoms in total. The second-order valence-corrected chi connectivity index (χ2v) is 6.23. The molecule has 0 radical (unpaired) electrons. The van der Waals surface area contributed by atoms with Crippen molar-refractivity contribution < 1.29 is 9.13 Å². The minimum absolute atomic E-state index is 0.211. The summed E-state index contributed by atoms with van der Waals surface area (Å²) in [6, 6.07) is 5.55. The smallest absolute Gasteiger partial charge is 0.137 e. The molecule has 112 valence electrons. The molecule has 0 amide bonds. The van der Waals surface area contributed by atoms with E-state index in [1.807, 2.05) is 19.1 Å². The van der Waals surface area contributed by atoms with Crippen molar-refractivity contribution in [1.29, 1.82) is 0 Å². The molecule has 2 atom stereocenters. The highest BCUT2D eigenvalue weighted by atomic mass is 79.9. The Labute approximate surface area is 129 Å². The largest absolute Gasteiger partial charge is 0.377 e. The van der Waals surface area contributed by atoms with Crippen LogP contribution in [0.3, 0.4) is 0 Å². The molecular formula is C16H23BrFNO. The summed E-state index contributed by atoms with van der Waals surface area (Å²) in [5.41, 5.74) is 1.13. The Balaban J connectivity index is 2.08. The summed E-state index contributed by atoms with van der Waals surface area (Å²) in [6.45, 7) is 5.83. The summed E-state index contributed by atoms with van der Waals surface area (Å²) in [7, 11) is 0. The molecule has 0 spiro atoms. The molecule has 0 saturated heterocycles. The van der Waals surface area contributed by atoms with Crippen LogP contribution in [-0.4, -0.2) is 25.3 Å². The monoisotopic (exact) mass is 343 g/mol. The molecule has 2 unspecified atom stereocenters. The van der Waals surface area contributed by atoms with Gasteiger partial charge >= 0.3 is 0 Å². The van der Waals surface area contributed by atoms with Crippen molar-refractivity contribution in [3.05, 3.63) is 34.1 Å². The predicted molar refractivity (Wildman–Crippen MR) is 83.4 cm³/mol. The van der Waals surface area contributed by atoms with Crippen LogP contribution in [0.1, 0.15) is 32.3 Å². The summed E-state index contributed by atoms with van der Waals surface area (Å²) < 4.78 is 19.8. The van der Waals surface area contributed by atoms with Gasteiger partial charge in [0, 0.05) is 12.6 Å². The zero-order valence-electron chi connectivity index (χ0n) is 12.2. The zero-order chi connectivity index (χ0) is 14.5. The van der Waals surface area contributed by atoms with Gasteiger partial charge in [-0.3, -0.25) is 0 Å². The molecule has 2 rings (SSSR count).